The molecule has 2 aromatic carbocycles. The molecule has 0 spiro atoms. The molecule has 12 heteroatoms. The van der Waals surface area contributed by atoms with Gasteiger partial charge in [0.25, 0.3) is 11.4 Å². The first-order chi connectivity index (χ1) is 12.6. The van der Waals surface area contributed by atoms with Gasteiger partial charge in [-0.3, -0.25) is 35.9 Å². The average molecular weight is 384 g/mol. The summed E-state index contributed by atoms with van der Waals surface area (Å²) in [6, 6.07) is 7.22. The molecule has 9 nitrogen and oxygen atoms in total. The van der Waals surface area contributed by atoms with Crippen molar-refractivity contribution in [1.82, 2.24) is 5.43 Å². The molecule has 0 aliphatic heterocycles. The number of nitro groups is 2. The lowest BCUT2D eigenvalue weighted by Crippen LogP contribution is -2.31. The van der Waals surface area contributed by atoms with Crippen molar-refractivity contribution in [3.8, 4) is 0 Å². The number of nitrogens with one attached hydrogen (secondary N) is 2. The number of para-hydroxylation sites is 1. The van der Waals surface area contributed by atoms with E-state index in [9.17, 15) is 38.2 Å². The van der Waals surface area contributed by atoms with Gasteiger partial charge in [0.15, 0.2) is 0 Å². The van der Waals surface area contributed by atoms with Crippen LogP contribution < -0.4 is 10.9 Å². The Bertz CT molecular complexity index is 901. The third kappa shape index (κ3) is 4.90. The van der Waals surface area contributed by atoms with Gasteiger partial charge in [0.1, 0.15) is 5.69 Å². The van der Waals surface area contributed by atoms with Crippen molar-refractivity contribution in [2.45, 2.75) is 12.6 Å². The van der Waals surface area contributed by atoms with Crippen LogP contribution in [0.4, 0.5) is 30.2 Å². The molecule has 2 N–H and O–H groups in total. The molecular formula is C15H11F3N4O5. The van der Waals surface area contributed by atoms with Gasteiger partial charge in [-0.25, -0.2) is 0 Å². The molecule has 0 atom stereocenters. The van der Waals surface area contributed by atoms with Crippen molar-refractivity contribution < 1.29 is 27.8 Å². The second-order valence-electron chi connectivity index (χ2n) is 5.22. The number of benzene rings is 2. The number of hydrogen-bond donors (Lipinski definition) is 2. The third-order valence-electron chi connectivity index (χ3n) is 3.40. The zero-order valence-electron chi connectivity index (χ0n) is 13.3. The number of rotatable bonds is 6. The van der Waals surface area contributed by atoms with Crippen LogP contribution in [-0.2, 0) is 17.4 Å². The zero-order valence-corrected chi connectivity index (χ0v) is 13.3. The Labute approximate surface area is 149 Å². The number of carbonyl (C=O) groups excluding carboxylic acids is 1. The smallest absolute Gasteiger partial charge is 0.292 e. The van der Waals surface area contributed by atoms with E-state index in [0.717, 1.165) is 6.07 Å². The maximum atomic E-state index is 12.7. The molecule has 0 bridgehead atoms. The van der Waals surface area contributed by atoms with Crippen molar-refractivity contribution in [1.29, 1.82) is 0 Å². The van der Waals surface area contributed by atoms with Gasteiger partial charge < -0.3 is 0 Å². The summed E-state index contributed by atoms with van der Waals surface area (Å²) in [5.74, 6) is -0.779. The highest BCUT2D eigenvalue weighted by atomic mass is 19.4. The van der Waals surface area contributed by atoms with Crippen LogP contribution in [0.3, 0.4) is 0 Å². The van der Waals surface area contributed by atoms with Crippen LogP contribution in [-0.4, -0.2) is 15.8 Å². The van der Waals surface area contributed by atoms with E-state index in [4.69, 9.17) is 0 Å². The molecule has 27 heavy (non-hydrogen) atoms. The van der Waals surface area contributed by atoms with Crippen LogP contribution in [0.1, 0.15) is 11.1 Å². The second kappa shape index (κ2) is 7.68. The third-order valence-corrected chi connectivity index (χ3v) is 3.40. The predicted molar refractivity (Wildman–Crippen MR) is 86.7 cm³/mol. The molecule has 0 unspecified atom stereocenters. The fourth-order valence-corrected chi connectivity index (χ4v) is 2.16. The zero-order chi connectivity index (χ0) is 20.2. The first-order valence-electron chi connectivity index (χ1n) is 7.22. The van der Waals surface area contributed by atoms with Gasteiger partial charge >= 0.3 is 6.18 Å². The number of halogens is 3. The summed E-state index contributed by atoms with van der Waals surface area (Å²) in [5.41, 5.74) is 1.57. The molecule has 0 heterocycles. The van der Waals surface area contributed by atoms with E-state index in [0.29, 0.717) is 12.1 Å². The van der Waals surface area contributed by atoms with E-state index in [2.05, 4.69) is 10.9 Å². The van der Waals surface area contributed by atoms with E-state index < -0.39 is 39.6 Å². The quantitative estimate of drug-likeness (QED) is 0.581. The van der Waals surface area contributed by atoms with Crippen molar-refractivity contribution >= 4 is 23.0 Å². The molecule has 2 rings (SSSR count). The largest absolute Gasteiger partial charge is 0.416 e. The van der Waals surface area contributed by atoms with Gasteiger partial charge in [0.2, 0.25) is 5.91 Å². The molecule has 0 aliphatic carbocycles. The van der Waals surface area contributed by atoms with Gasteiger partial charge in [0.05, 0.1) is 21.8 Å². The standard InChI is InChI=1S/C15H11F3N4O5/c16-15(17,18)10-5-6-11(13(8-10)22(26)27)19-20-14(23)7-9-3-1-2-4-12(9)21(24)25/h1-6,8,19H,7H2,(H,20,23). The van der Waals surface area contributed by atoms with Gasteiger partial charge in [-0.15, -0.1) is 0 Å². The summed E-state index contributed by atoms with van der Waals surface area (Å²) in [6.07, 6.45) is -5.18. The molecule has 0 saturated heterocycles. The second-order valence-corrected chi connectivity index (χ2v) is 5.22. The van der Waals surface area contributed by atoms with Gasteiger partial charge in [-0.05, 0) is 12.1 Å². The van der Waals surface area contributed by atoms with Gasteiger partial charge in [-0.2, -0.15) is 13.2 Å². The molecule has 0 saturated carbocycles. The molecule has 0 aliphatic rings. The Kier molecular flexibility index (Phi) is 5.58. The Balaban J connectivity index is 2.13. The Hall–Kier alpha value is -3.70. The highest BCUT2D eigenvalue weighted by molar-refractivity contribution is 5.81. The van der Waals surface area contributed by atoms with Crippen LogP contribution in [0.25, 0.3) is 0 Å². The minimum Gasteiger partial charge on any atom is -0.292 e. The van der Waals surface area contributed by atoms with Crippen LogP contribution in [0.5, 0.6) is 0 Å². The first-order valence-corrected chi connectivity index (χ1v) is 7.22. The lowest BCUT2D eigenvalue weighted by Gasteiger charge is -2.11. The molecular weight excluding hydrogens is 373 g/mol. The molecule has 2 aromatic rings. The molecule has 0 radical (unpaired) electrons. The highest BCUT2D eigenvalue weighted by Crippen LogP contribution is 2.34. The Morgan fingerprint density at radius 2 is 1.63 bits per heavy atom. The van der Waals surface area contributed by atoms with Crippen molar-refractivity contribution in [3.05, 3.63) is 73.8 Å². The number of hydrazine groups is 1. The lowest BCUT2D eigenvalue weighted by atomic mass is 10.1. The Morgan fingerprint density at radius 3 is 2.22 bits per heavy atom. The number of amides is 1. The summed E-state index contributed by atoms with van der Waals surface area (Å²) in [7, 11) is 0. The maximum absolute atomic E-state index is 12.7. The van der Waals surface area contributed by atoms with Crippen molar-refractivity contribution in [2.75, 3.05) is 5.43 Å². The molecule has 1 amide bonds. The lowest BCUT2D eigenvalue weighted by molar-refractivity contribution is -0.385. The van der Waals surface area contributed by atoms with Crippen LogP contribution in [0.2, 0.25) is 0 Å². The number of hydrogen-bond acceptors (Lipinski definition) is 6. The molecule has 0 fully saturated rings. The SMILES string of the molecule is O=C(Cc1ccccc1[N+](=O)[O-])NNc1ccc(C(F)(F)F)cc1[N+](=O)[O-]. The number of nitrogens with zero attached hydrogens (tertiary/aromatic N) is 2. The number of nitro benzene ring substituents is 2. The summed E-state index contributed by atoms with van der Waals surface area (Å²) in [6.45, 7) is 0. The van der Waals surface area contributed by atoms with E-state index in [1.165, 1.54) is 24.3 Å². The average Bonchev–Trinajstić information content (AvgIpc) is 2.59. The summed E-state index contributed by atoms with van der Waals surface area (Å²) in [5, 5.41) is 21.9. The van der Waals surface area contributed by atoms with E-state index in [-0.39, 0.29) is 16.9 Å². The van der Waals surface area contributed by atoms with Crippen LogP contribution in [0.15, 0.2) is 42.5 Å². The van der Waals surface area contributed by atoms with E-state index >= 15 is 0 Å². The van der Waals surface area contributed by atoms with Crippen molar-refractivity contribution in [2.24, 2.45) is 0 Å². The number of anilines is 1. The fraction of sp³-hybridized carbons (Fsp3) is 0.133. The Morgan fingerprint density at radius 1 is 1.00 bits per heavy atom. The normalized spacial score (nSPS) is 10.9. The van der Waals surface area contributed by atoms with Gasteiger partial charge in [0, 0.05) is 17.7 Å². The highest BCUT2D eigenvalue weighted by Gasteiger charge is 2.33. The monoisotopic (exact) mass is 384 g/mol. The van der Waals surface area contributed by atoms with Gasteiger partial charge in [-0.1, -0.05) is 18.2 Å². The van der Waals surface area contributed by atoms with Crippen molar-refractivity contribution in [3.63, 3.8) is 0 Å². The van der Waals surface area contributed by atoms with Crippen LogP contribution in [0, 0.1) is 20.2 Å². The molecule has 142 valence electrons. The fourth-order valence-electron chi connectivity index (χ4n) is 2.16. The minimum atomic E-state index is -4.77. The van der Waals surface area contributed by atoms with Crippen LogP contribution >= 0.6 is 0 Å². The number of alkyl halides is 3. The summed E-state index contributed by atoms with van der Waals surface area (Å²) < 4.78 is 38.0. The first kappa shape index (κ1) is 19.6. The summed E-state index contributed by atoms with van der Waals surface area (Å²) >= 11 is 0. The topological polar surface area (TPSA) is 127 Å². The number of carbonyl (C=O) groups is 1. The maximum Gasteiger partial charge on any atom is 0.416 e. The van der Waals surface area contributed by atoms with E-state index in [1.807, 2.05) is 0 Å². The predicted octanol–water partition coefficient (Wildman–Crippen LogP) is 3.21. The van der Waals surface area contributed by atoms with E-state index in [1.54, 1.807) is 0 Å². The minimum absolute atomic E-state index is 0.101. The summed E-state index contributed by atoms with van der Waals surface area (Å²) in [4.78, 5) is 32.1. The molecule has 0 aromatic heterocycles.